The molecule has 1 aromatic heterocycles. The molecule has 0 unspecified atom stereocenters. The van der Waals surface area contributed by atoms with Gasteiger partial charge in [0.25, 0.3) is 0 Å². The lowest BCUT2D eigenvalue weighted by Gasteiger charge is -2.15. The van der Waals surface area contributed by atoms with Crippen molar-refractivity contribution >= 4 is 22.8 Å². The number of aromatic nitrogens is 1. The van der Waals surface area contributed by atoms with Gasteiger partial charge in [0.1, 0.15) is 12.2 Å². The van der Waals surface area contributed by atoms with E-state index in [-0.39, 0.29) is 24.5 Å². The molecule has 0 amide bonds. The highest BCUT2D eigenvalue weighted by molar-refractivity contribution is 5.98. The third-order valence-corrected chi connectivity index (χ3v) is 4.67. The third kappa shape index (κ3) is 4.05. The van der Waals surface area contributed by atoms with Crippen LogP contribution in [0.4, 0.5) is 0 Å². The first-order valence-corrected chi connectivity index (χ1v) is 9.45. The van der Waals surface area contributed by atoms with Crippen molar-refractivity contribution in [2.45, 2.75) is 20.5 Å². The van der Waals surface area contributed by atoms with Gasteiger partial charge >= 0.3 is 11.9 Å². The van der Waals surface area contributed by atoms with E-state index in [2.05, 4.69) is 4.98 Å². The van der Waals surface area contributed by atoms with Gasteiger partial charge in [-0.2, -0.15) is 0 Å². The summed E-state index contributed by atoms with van der Waals surface area (Å²) in [5.41, 5.74) is 2.28. The number of fused-ring (bicyclic) bond motifs is 1. The summed E-state index contributed by atoms with van der Waals surface area (Å²) < 4.78 is 21.2. The Balaban J connectivity index is 1.97. The monoisotopic (exact) mass is 409 g/mol. The number of hydrogen-bond acceptors (Lipinski definition) is 7. The largest absolute Gasteiger partial charge is 0.493 e. The zero-order valence-corrected chi connectivity index (χ0v) is 17.4. The Hall–Kier alpha value is -3.61. The minimum Gasteiger partial charge on any atom is -0.493 e. The fourth-order valence-corrected chi connectivity index (χ4v) is 3.28. The zero-order chi connectivity index (χ0) is 21.7. The Labute approximate surface area is 174 Å². The van der Waals surface area contributed by atoms with Gasteiger partial charge in [0, 0.05) is 5.39 Å². The molecule has 0 aliphatic carbocycles. The first-order chi connectivity index (χ1) is 14.5. The topological polar surface area (TPSA) is 84.0 Å². The molecular formula is C23H23NO6. The van der Waals surface area contributed by atoms with Gasteiger partial charge in [0.05, 0.1) is 37.6 Å². The van der Waals surface area contributed by atoms with Crippen molar-refractivity contribution in [3.63, 3.8) is 0 Å². The maximum Gasteiger partial charge on any atom is 0.342 e. The number of para-hydroxylation sites is 2. The Morgan fingerprint density at radius 2 is 1.70 bits per heavy atom. The van der Waals surface area contributed by atoms with Gasteiger partial charge in [0.2, 0.25) is 0 Å². The fourth-order valence-electron chi connectivity index (χ4n) is 3.28. The van der Waals surface area contributed by atoms with Crippen LogP contribution >= 0.6 is 0 Å². The minimum absolute atomic E-state index is 0.195. The normalized spacial score (nSPS) is 10.5. The molecule has 0 aliphatic heterocycles. The van der Waals surface area contributed by atoms with Crippen molar-refractivity contribution in [1.29, 1.82) is 0 Å². The summed E-state index contributed by atoms with van der Waals surface area (Å²) in [7, 11) is 2.93. The quantitative estimate of drug-likeness (QED) is 0.543. The first-order valence-electron chi connectivity index (χ1n) is 9.45. The Bertz CT molecular complexity index is 1090. The summed E-state index contributed by atoms with van der Waals surface area (Å²) in [6.07, 6.45) is 0. The summed E-state index contributed by atoms with van der Waals surface area (Å²) in [6.45, 7) is 3.59. The van der Waals surface area contributed by atoms with E-state index in [1.807, 2.05) is 31.2 Å². The molecule has 7 nitrogen and oxygen atoms in total. The van der Waals surface area contributed by atoms with E-state index in [9.17, 15) is 9.59 Å². The Morgan fingerprint density at radius 1 is 0.933 bits per heavy atom. The Morgan fingerprint density at radius 3 is 2.40 bits per heavy atom. The third-order valence-electron chi connectivity index (χ3n) is 4.67. The molecule has 3 aromatic rings. The Kier molecular flexibility index (Phi) is 6.51. The van der Waals surface area contributed by atoms with Crippen LogP contribution in [0.2, 0.25) is 0 Å². The van der Waals surface area contributed by atoms with Gasteiger partial charge < -0.3 is 18.9 Å². The highest BCUT2D eigenvalue weighted by Gasteiger charge is 2.23. The highest BCUT2D eigenvalue weighted by atomic mass is 16.5. The molecule has 0 saturated heterocycles. The van der Waals surface area contributed by atoms with E-state index in [4.69, 9.17) is 18.9 Å². The molecule has 1 heterocycles. The molecule has 0 saturated carbocycles. The number of aryl methyl sites for hydroxylation is 1. The van der Waals surface area contributed by atoms with Crippen molar-refractivity contribution in [2.24, 2.45) is 0 Å². The molecule has 0 bridgehead atoms. The SMILES string of the molecule is CCOC(=O)c1c(COC(=O)c2cccc(OC)c2OC)nc2ccccc2c1C. The second-order valence-electron chi connectivity index (χ2n) is 6.41. The molecule has 0 fully saturated rings. The first kappa shape index (κ1) is 21.1. The predicted molar refractivity (Wildman–Crippen MR) is 111 cm³/mol. The van der Waals surface area contributed by atoms with E-state index < -0.39 is 11.9 Å². The zero-order valence-electron chi connectivity index (χ0n) is 17.4. The molecule has 0 atom stereocenters. The molecule has 7 heteroatoms. The standard InChI is InChI=1S/C23H23NO6/c1-5-29-23(26)20-14(2)15-9-6-7-11-17(15)24-18(20)13-30-22(25)16-10-8-12-19(27-3)21(16)28-4/h6-12H,5,13H2,1-4H3. The van der Waals surface area contributed by atoms with E-state index in [0.717, 1.165) is 10.9 Å². The van der Waals surface area contributed by atoms with E-state index in [0.29, 0.717) is 22.5 Å². The number of methoxy groups -OCH3 is 2. The average molecular weight is 409 g/mol. The lowest BCUT2D eigenvalue weighted by Crippen LogP contribution is -2.15. The van der Waals surface area contributed by atoms with Crippen LogP contribution in [0.1, 0.15) is 38.9 Å². The number of pyridine rings is 1. The number of ether oxygens (including phenoxy) is 4. The average Bonchev–Trinajstić information content (AvgIpc) is 2.76. The smallest absolute Gasteiger partial charge is 0.342 e. The van der Waals surface area contributed by atoms with Crippen LogP contribution in [0.15, 0.2) is 42.5 Å². The number of carbonyl (C=O) groups is 2. The van der Waals surface area contributed by atoms with Gasteiger partial charge in [-0.25, -0.2) is 14.6 Å². The minimum atomic E-state index is -0.617. The van der Waals surface area contributed by atoms with Gasteiger partial charge in [-0.1, -0.05) is 24.3 Å². The van der Waals surface area contributed by atoms with Crippen LogP contribution in [-0.2, 0) is 16.1 Å². The summed E-state index contributed by atoms with van der Waals surface area (Å²) in [6, 6.07) is 12.4. The lowest BCUT2D eigenvalue weighted by molar-refractivity contribution is 0.0441. The van der Waals surface area contributed by atoms with Gasteiger partial charge in [-0.05, 0) is 37.6 Å². The van der Waals surface area contributed by atoms with E-state index in [1.165, 1.54) is 14.2 Å². The number of carbonyl (C=O) groups excluding carboxylic acids is 2. The van der Waals surface area contributed by atoms with Gasteiger partial charge in [-0.3, -0.25) is 0 Å². The van der Waals surface area contributed by atoms with Crippen LogP contribution in [0.25, 0.3) is 10.9 Å². The summed E-state index contributed by atoms with van der Waals surface area (Å²) in [5, 5.41) is 0.838. The molecule has 3 rings (SSSR count). The molecule has 0 aliphatic rings. The maximum absolute atomic E-state index is 12.7. The van der Waals surface area contributed by atoms with Crippen molar-refractivity contribution in [3.8, 4) is 11.5 Å². The molecule has 0 radical (unpaired) electrons. The van der Waals surface area contributed by atoms with Crippen LogP contribution in [0.3, 0.4) is 0 Å². The maximum atomic E-state index is 12.7. The van der Waals surface area contributed by atoms with Crippen molar-refractivity contribution in [1.82, 2.24) is 4.98 Å². The molecule has 2 aromatic carbocycles. The molecule has 30 heavy (non-hydrogen) atoms. The van der Waals surface area contributed by atoms with Gasteiger partial charge in [0.15, 0.2) is 11.5 Å². The van der Waals surface area contributed by atoms with E-state index in [1.54, 1.807) is 25.1 Å². The number of rotatable bonds is 7. The van der Waals surface area contributed by atoms with Gasteiger partial charge in [-0.15, -0.1) is 0 Å². The summed E-state index contributed by atoms with van der Waals surface area (Å²) >= 11 is 0. The van der Waals surface area contributed by atoms with Crippen molar-refractivity contribution < 1.29 is 28.5 Å². The van der Waals surface area contributed by atoms with E-state index >= 15 is 0 Å². The fraction of sp³-hybridized carbons (Fsp3) is 0.261. The lowest BCUT2D eigenvalue weighted by atomic mass is 10.0. The highest BCUT2D eigenvalue weighted by Crippen LogP contribution is 2.31. The van der Waals surface area contributed by atoms with Crippen molar-refractivity contribution in [2.75, 3.05) is 20.8 Å². The molecule has 0 N–H and O–H groups in total. The number of benzene rings is 2. The van der Waals surface area contributed by atoms with Crippen LogP contribution in [0.5, 0.6) is 11.5 Å². The number of nitrogens with zero attached hydrogens (tertiary/aromatic N) is 1. The molecular weight excluding hydrogens is 386 g/mol. The number of hydrogen-bond donors (Lipinski definition) is 0. The van der Waals surface area contributed by atoms with Crippen LogP contribution in [-0.4, -0.2) is 37.7 Å². The summed E-state index contributed by atoms with van der Waals surface area (Å²) in [5.74, 6) is -0.427. The predicted octanol–water partition coefficient (Wildman–Crippen LogP) is 4.09. The van der Waals surface area contributed by atoms with Crippen molar-refractivity contribution in [3.05, 3.63) is 64.8 Å². The number of esters is 2. The van der Waals surface area contributed by atoms with Crippen LogP contribution in [0, 0.1) is 6.92 Å². The second-order valence-corrected chi connectivity index (χ2v) is 6.41. The second kappa shape index (κ2) is 9.26. The van der Waals surface area contributed by atoms with Crippen LogP contribution < -0.4 is 9.47 Å². The molecule has 156 valence electrons. The summed E-state index contributed by atoms with van der Waals surface area (Å²) in [4.78, 5) is 29.9. The molecule has 0 spiro atoms.